The van der Waals surface area contributed by atoms with E-state index in [2.05, 4.69) is 63.0 Å². The molecule has 174 valence electrons. The lowest BCUT2D eigenvalue weighted by atomic mass is 10.1. The molecule has 4 rings (SSSR count). The van der Waals surface area contributed by atoms with Crippen molar-refractivity contribution in [3.05, 3.63) is 95.4 Å². The molecule has 0 spiro atoms. The van der Waals surface area contributed by atoms with Gasteiger partial charge in [0.25, 0.3) is 0 Å². The first-order chi connectivity index (χ1) is 16.3. The fourth-order valence-corrected chi connectivity index (χ4v) is 4.26. The third kappa shape index (κ3) is 6.70. The van der Waals surface area contributed by atoms with Gasteiger partial charge >= 0.3 is 0 Å². The lowest BCUT2D eigenvalue weighted by Gasteiger charge is -2.26. The molecule has 33 heavy (non-hydrogen) atoms. The summed E-state index contributed by atoms with van der Waals surface area (Å²) in [6.07, 6.45) is 4.24. The number of likely N-dealkylation sites (tertiary alicyclic amines) is 1. The Balaban J connectivity index is 1.30. The molecule has 0 radical (unpaired) electrons. The van der Waals surface area contributed by atoms with Gasteiger partial charge in [-0.1, -0.05) is 54.6 Å². The second kappa shape index (κ2) is 12.2. The van der Waals surface area contributed by atoms with Crippen LogP contribution in [0.2, 0.25) is 0 Å². The van der Waals surface area contributed by atoms with Gasteiger partial charge in [-0.05, 0) is 54.8 Å². The van der Waals surface area contributed by atoms with Crippen LogP contribution < -0.4 is 10.6 Å². The van der Waals surface area contributed by atoms with E-state index < -0.39 is 0 Å². The van der Waals surface area contributed by atoms with E-state index in [4.69, 9.17) is 9.15 Å². The third-order valence-corrected chi connectivity index (χ3v) is 6.07. The number of ether oxygens (including phenoxy) is 1. The van der Waals surface area contributed by atoms with Gasteiger partial charge in [-0.25, -0.2) is 0 Å². The van der Waals surface area contributed by atoms with E-state index in [0.717, 1.165) is 31.4 Å². The first kappa shape index (κ1) is 23.1. The quantitative estimate of drug-likeness (QED) is 0.355. The Hall–Kier alpha value is -3.09. The average molecular weight is 447 g/mol. The summed E-state index contributed by atoms with van der Waals surface area (Å²) in [4.78, 5) is 6.91. The molecule has 2 heterocycles. The molecule has 1 unspecified atom stereocenters. The predicted octanol–water partition coefficient (Wildman–Crippen LogP) is 4.50. The summed E-state index contributed by atoms with van der Waals surface area (Å²) >= 11 is 0. The summed E-state index contributed by atoms with van der Waals surface area (Å²) in [5.41, 5.74) is 3.57. The minimum Gasteiger partial charge on any atom is -0.468 e. The molecule has 1 atom stereocenters. The van der Waals surface area contributed by atoms with Crippen molar-refractivity contribution in [2.75, 3.05) is 26.7 Å². The van der Waals surface area contributed by atoms with Crippen molar-refractivity contribution in [2.45, 2.75) is 38.6 Å². The van der Waals surface area contributed by atoms with Crippen LogP contribution in [0.1, 0.15) is 41.3 Å². The summed E-state index contributed by atoms with van der Waals surface area (Å²) < 4.78 is 11.7. The Kier molecular flexibility index (Phi) is 8.55. The van der Waals surface area contributed by atoms with E-state index in [-0.39, 0.29) is 6.04 Å². The van der Waals surface area contributed by atoms with E-state index in [0.29, 0.717) is 19.8 Å². The molecule has 1 aromatic heterocycles. The summed E-state index contributed by atoms with van der Waals surface area (Å²) in [7, 11) is 1.81. The molecular weight excluding hydrogens is 412 g/mol. The number of aliphatic imine (C=N–C) groups is 1. The third-order valence-electron chi connectivity index (χ3n) is 6.07. The summed E-state index contributed by atoms with van der Waals surface area (Å²) in [5, 5.41) is 6.95. The molecule has 0 amide bonds. The Morgan fingerprint density at radius 1 is 0.939 bits per heavy atom. The van der Waals surface area contributed by atoms with E-state index in [1.807, 2.05) is 31.3 Å². The molecule has 0 bridgehead atoms. The number of nitrogens with one attached hydrogen (secondary N) is 2. The van der Waals surface area contributed by atoms with E-state index in [1.165, 1.54) is 29.5 Å². The van der Waals surface area contributed by atoms with E-state index >= 15 is 0 Å². The summed E-state index contributed by atoms with van der Waals surface area (Å²) in [6, 6.07) is 22.9. The highest BCUT2D eigenvalue weighted by Crippen LogP contribution is 2.24. The second-order valence-corrected chi connectivity index (χ2v) is 8.33. The standard InChI is InChI=1S/C27H34N4O2/c1-28-27(30-19-25(26-14-9-17-33-26)31-15-7-8-16-31)29-18-23-12-5-6-13-24(23)21-32-20-22-10-3-2-4-11-22/h2-6,9-14,17,25H,7-8,15-16,18-21H2,1H3,(H2,28,29,30). The van der Waals surface area contributed by atoms with Crippen molar-refractivity contribution in [1.82, 2.24) is 15.5 Å². The van der Waals surface area contributed by atoms with Crippen molar-refractivity contribution >= 4 is 5.96 Å². The maximum Gasteiger partial charge on any atom is 0.191 e. The molecule has 2 N–H and O–H groups in total. The van der Waals surface area contributed by atoms with Gasteiger partial charge < -0.3 is 19.8 Å². The Morgan fingerprint density at radius 2 is 1.70 bits per heavy atom. The van der Waals surface area contributed by atoms with Crippen LogP contribution in [-0.4, -0.2) is 37.5 Å². The van der Waals surface area contributed by atoms with Crippen molar-refractivity contribution in [1.29, 1.82) is 0 Å². The Labute approximate surface area is 196 Å². The normalized spacial score (nSPS) is 15.5. The fourth-order valence-electron chi connectivity index (χ4n) is 4.26. The number of benzene rings is 2. The molecule has 1 aliphatic heterocycles. The maximum absolute atomic E-state index is 5.97. The Bertz CT molecular complexity index is 982. The average Bonchev–Trinajstić information content (AvgIpc) is 3.58. The number of hydrogen-bond acceptors (Lipinski definition) is 4. The maximum atomic E-state index is 5.97. The molecule has 1 fully saturated rings. The summed E-state index contributed by atoms with van der Waals surface area (Å²) in [6.45, 7) is 4.82. The van der Waals surface area contributed by atoms with Crippen LogP contribution in [0.15, 0.2) is 82.4 Å². The number of hydrogen-bond donors (Lipinski definition) is 2. The lowest BCUT2D eigenvalue weighted by molar-refractivity contribution is 0.106. The van der Waals surface area contributed by atoms with E-state index in [1.54, 1.807) is 6.26 Å². The van der Waals surface area contributed by atoms with Crippen molar-refractivity contribution in [2.24, 2.45) is 4.99 Å². The summed E-state index contributed by atoms with van der Waals surface area (Å²) in [5.74, 6) is 1.78. The van der Waals surface area contributed by atoms with Gasteiger partial charge in [0.1, 0.15) is 5.76 Å². The first-order valence-corrected chi connectivity index (χ1v) is 11.7. The Morgan fingerprint density at radius 3 is 2.42 bits per heavy atom. The number of rotatable bonds is 10. The first-order valence-electron chi connectivity index (χ1n) is 11.7. The number of furan rings is 1. The minimum absolute atomic E-state index is 0.208. The molecule has 1 saturated heterocycles. The van der Waals surface area contributed by atoms with Crippen LogP contribution in [0.4, 0.5) is 0 Å². The van der Waals surface area contributed by atoms with Crippen LogP contribution in [0.3, 0.4) is 0 Å². The van der Waals surface area contributed by atoms with Crippen molar-refractivity contribution in [3.63, 3.8) is 0 Å². The molecule has 6 nitrogen and oxygen atoms in total. The number of guanidine groups is 1. The molecule has 2 aromatic carbocycles. The topological polar surface area (TPSA) is 62.0 Å². The second-order valence-electron chi connectivity index (χ2n) is 8.33. The molecule has 6 heteroatoms. The number of nitrogens with zero attached hydrogens (tertiary/aromatic N) is 2. The van der Waals surface area contributed by atoms with E-state index in [9.17, 15) is 0 Å². The predicted molar refractivity (Wildman–Crippen MR) is 132 cm³/mol. The van der Waals surface area contributed by atoms with Crippen LogP contribution in [0.25, 0.3) is 0 Å². The lowest BCUT2D eigenvalue weighted by Crippen LogP contribution is -2.42. The highest BCUT2D eigenvalue weighted by atomic mass is 16.5. The van der Waals surface area contributed by atoms with Crippen LogP contribution >= 0.6 is 0 Å². The zero-order chi connectivity index (χ0) is 22.7. The molecule has 0 saturated carbocycles. The van der Waals surface area contributed by atoms with Crippen molar-refractivity contribution < 1.29 is 9.15 Å². The van der Waals surface area contributed by atoms with Gasteiger partial charge in [0.15, 0.2) is 5.96 Å². The van der Waals surface area contributed by atoms with Gasteiger partial charge in [0.2, 0.25) is 0 Å². The highest BCUT2D eigenvalue weighted by Gasteiger charge is 2.25. The minimum atomic E-state index is 0.208. The zero-order valence-corrected chi connectivity index (χ0v) is 19.4. The van der Waals surface area contributed by atoms with Crippen LogP contribution in [-0.2, 0) is 24.5 Å². The van der Waals surface area contributed by atoms with Gasteiger partial charge in [-0.3, -0.25) is 9.89 Å². The largest absolute Gasteiger partial charge is 0.468 e. The SMILES string of the molecule is CN=C(NCc1ccccc1COCc1ccccc1)NCC(c1ccco1)N1CCCC1. The van der Waals surface area contributed by atoms with Crippen LogP contribution in [0, 0.1) is 0 Å². The van der Waals surface area contributed by atoms with Crippen LogP contribution in [0.5, 0.6) is 0 Å². The molecule has 0 aliphatic carbocycles. The zero-order valence-electron chi connectivity index (χ0n) is 19.4. The molecular formula is C27H34N4O2. The fraction of sp³-hybridized carbons (Fsp3) is 0.370. The molecule has 1 aliphatic rings. The highest BCUT2D eigenvalue weighted by molar-refractivity contribution is 5.79. The smallest absolute Gasteiger partial charge is 0.191 e. The molecule has 3 aromatic rings. The monoisotopic (exact) mass is 446 g/mol. The van der Waals surface area contributed by atoms with Crippen molar-refractivity contribution in [3.8, 4) is 0 Å². The van der Waals surface area contributed by atoms with Gasteiger partial charge in [-0.2, -0.15) is 0 Å². The van der Waals surface area contributed by atoms with Gasteiger partial charge in [0, 0.05) is 20.1 Å². The van der Waals surface area contributed by atoms with Gasteiger partial charge in [-0.15, -0.1) is 0 Å². The van der Waals surface area contributed by atoms with Gasteiger partial charge in [0.05, 0.1) is 25.5 Å².